The predicted octanol–water partition coefficient (Wildman–Crippen LogP) is 4.44. The minimum Gasteiger partial charge on any atom is -0.349 e. The normalized spacial score (nSPS) is 11.6. The van der Waals surface area contributed by atoms with Crippen LogP contribution < -0.4 is 0 Å². The van der Waals surface area contributed by atoms with Gasteiger partial charge in [-0.15, -0.1) is 0 Å². The minimum atomic E-state index is 0.491. The molecule has 2 nitrogen and oxygen atoms in total. The van der Waals surface area contributed by atoms with Crippen LogP contribution in [0.25, 0.3) is 0 Å². The average Bonchev–Trinajstić information content (AvgIpc) is 2.70. The number of aryl methyl sites for hydroxylation is 2. The molecule has 1 aromatic carbocycles. The Hall–Kier alpha value is -1.83. The van der Waals surface area contributed by atoms with Crippen LogP contribution in [0.3, 0.4) is 0 Å². The van der Waals surface area contributed by atoms with Crippen molar-refractivity contribution in [1.29, 1.82) is 0 Å². The number of hydrogen-bond acceptors (Lipinski definition) is 1. The zero-order chi connectivity index (χ0) is 13.1. The third-order valence-electron chi connectivity index (χ3n) is 3.10. The van der Waals surface area contributed by atoms with E-state index in [1.165, 1.54) is 11.3 Å². The van der Waals surface area contributed by atoms with Gasteiger partial charge in [-0.25, -0.2) is 0 Å². The van der Waals surface area contributed by atoms with E-state index in [0.29, 0.717) is 6.04 Å². The van der Waals surface area contributed by atoms with Crippen LogP contribution in [-0.2, 0) is 0 Å². The summed E-state index contributed by atoms with van der Waals surface area (Å²) in [6.45, 7) is 8.59. The van der Waals surface area contributed by atoms with Gasteiger partial charge in [-0.3, -0.25) is 4.99 Å². The standard InChI is InChI=1S/C16H20N2/c1-12(2)18-11-15(9-14(18)4)10-17-16-8-6-5-7-13(16)3/h5-12H,1-4H3. The summed E-state index contributed by atoms with van der Waals surface area (Å²) < 4.78 is 2.26. The van der Waals surface area contributed by atoms with Crippen LogP contribution in [0.4, 0.5) is 5.69 Å². The van der Waals surface area contributed by atoms with Crippen LogP contribution in [0.2, 0.25) is 0 Å². The number of hydrogen-bond donors (Lipinski definition) is 0. The van der Waals surface area contributed by atoms with Crippen LogP contribution in [0.1, 0.15) is 36.7 Å². The highest BCUT2D eigenvalue weighted by Gasteiger charge is 2.03. The number of nitrogens with zero attached hydrogens (tertiary/aromatic N) is 2. The van der Waals surface area contributed by atoms with E-state index in [-0.39, 0.29) is 0 Å². The Kier molecular flexibility index (Phi) is 3.66. The zero-order valence-corrected chi connectivity index (χ0v) is 11.5. The lowest BCUT2D eigenvalue weighted by atomic mass is 10.2. The lowest BCUT2D eigenvalue weighted by Crippen LogP contribution is -2.00. The Balaban J connectivity index is 2.24. The second-order valence-electron chi connectivity index (χ2n) is 4.96. The molecule has 2 rings (SSSR count). The molecule has 0 amide bonds. The number of aliphatic imine (C=N–C) groups is 1. The molecule has 0 aliphatic rings. The van der Waals surface area contributed by atoms with Crippen molar-refractivity contribution in [1.82, 2.24) is 4.57 Å². The van der Waals surface area contributed by atoms with Gasteiger partial charge in [-0.05, 0) is 45.4 Å². The van der Waals surface area contributed by atoms with E-state index in [9.17, 15) is 0 Å². The summed E-state index contributed by atoms with van der Waals surface area (Å²) in [5, 5.41) is 0. The molecule has 0 spiro atoms. The van der Waals surface area contributed by atoms with E-state index in [2.05, 4.69) is 55.6 Å². The Labute approximate surface area is 109 Å². The summed E-state index contributed by atoms with van der Waals surface area (Å²) in [5.41, 5.74) is 4.67. The predicted molar refractivity (Wildman–Crippen MR) is 78.0 cm³/mol. The molecule has 0 aliphatic heterocycles. The molecule has 0 saturated carbocycles. The van der Waals surface area contributed by atoms with Gasteiger partial charge in [0.2, 0.25) is 0 Å². The van der Waals surface area contributed by atoms with E-state index in [4.69, 9.17) is 0 Å². The van der Waals surface area contributed by atoms with E-state index >= 15 is 0 Å². The van der Waals surface area contributed by atoms with Gasteiger partial charge in [-0.1, -0.05) is 18.2 Å². The Bertz CT molecular complexity index is 562. The van der Waals surface area contributed by atoms with Crippen LogP contribution in [0, 0.1) is 13.8 Å². The molecule has 2 aromatic rings. The lowest BCUT2D eigenvalue weighted by Gasteiger charge is -2.08. The smallest absolute Gasteiger partial charge is 0.0659 e. The van der Waals surface area contributed by atoms with Gasteiger partial charge in [0.25, 0.3) is 0 Å². The number of aromatic nitrogens is 1. The molecule has 0 fully saturated rings. The quantitative estimate of drug-likeness (QED) is 0.706. The third kappa shape index (κ3) is 2.70. The molecule has 0 atom stereocenters. The van der Waals surface area contributed by atoms with Gasteiger partial charge >= 0.3 is 0 Å². The summed E-state index contributed by atoms with van der Waals surface area (Å²) >= 11 is 0. The van der Waals surface area contributed by atoms with Crippen LogP contribution in [-0.4, -0.2) is 10.8 Å². The van der Waals surface area contributed by atoms with Crippen molar-refractivity contribution in [3.05, 3.63) is 53.3 Å². The van der Waals surface area contributed by atoms with Crippen molar-refractivity contribution in [2.45, 2.75) is 33.7 Å². The first-order chi connectivity index (χ1) is 8.58. The first-order valence-corrected chi connectivity index (χ1v) is 6.36. The largest absolute Gasteiger partial charge is 0.349 e. The first kappa shape index (κ1) is 12.6. The topological polar surface area (TPSA) is 17.3 Å². The number of benzene rings is 1. The summed E-state index contributed by atoms with van der Waals surface area (Å²) in [7, 11) is 0. The first-order valence-electron chi connectivity index (χ1n) is 6.36. The van der Waals surface area contributed by atoms with Crippen LogP contribution in [0.15, 0.2) is 41.5 Å². The van der Waals surface area contributed by atoms with Crippen molar-refractivity contribution < 1.29 is 0 Å². The molecule has 1 heterocycles. The second-order valence-corrected chi connectivity index (χ2v) is 4.96. The molecule has 0 bridgehead atoms. The van der Waals surface area contributed by atoms with Crippen molar-refractivity contribution in [3.63, 3.8) is 0 Å². The van der Waals surface area contributed by atoms with Crippen molar-refractivity contribution in [3.8, 4) is 0 Å². The highest BCUT2D eigenvalue weighted by molar-refractivity contribution is 5.82. The molecule has 0 unspecified atom stereocenters. The minimum absolute atomic E-state index is 0.491. The second kappa shape index (κ2) is 5.21. The van der Waals surface area contributed by atoms with Crippen LogP contribution >= 0.6 is 0 Å². The van der Waals surface area contributed by atoms with Gasteiger partial charge in [-0.2, -0.15) is 0 Å². The van der Waals surface area contributed by atoms with E-state index < -0.39 is 0 Å². The maximum Gasteiger partial charge on any atom is 0.0659 e. The maximum absolute atomic E-state index is 4.55. The Morgan fingerprint density at radius 3 is 2.50 bits per heavy atom. The maximum atomic E-state index is 4.55. The lowest BCUT2D eigenvalue weighted by molar-refractivity contribution is 0.589. The van der Waals surface area contributed by atoms with Gasteiger partial charge in [0.05, 0.1) is 5.69 Å². The van der Waals surface area contributed by atoms with E-state index in [1.807, 2.05) is 24.4 Å². The van der Waals surface area contributed by atoms with E-state index in [1.54, 1.807) is 0 Å². The monoisotopic (exact) mass is 240 g/mol. The molecule has 94 valence electrons. The van der Waals surface area contributed by atoms with Crippen molar-refractivity contribution in [2.75, 3.05) is 0 Å². The van der Waals surface area contributed by atoms with Gasteiger partial charge in [0, 0.05) is 29.7 Å². The summed E-state index contributed by atoms with van der Waals surface area (Å²) in [4.78, 5) is 4.55. The Morgan fingerprint density at radius 1 is 1.17 bits per heavy atom. The molecule has 2 heteroatoms. The van der Waals surface area contributed by atoms with Crippen molar-refractivity contribution in [2.24, 2.45) is 4.99 Å². The molecule has 1 aromatic heterocycles. The molecule has 18 heavy (non-hydrogen) atoms. The number of para-hydroxylation sites is 1. The van der Waals surface area contributed by atoms with E-state index in [0.717, 1.165) is 11.3 Å². The fourth-order valence-corrected chi connectivity index (χ4v) is 2.09. The van der Waals surface area contributed by atoms with Gasteiger partial charge < -0.3 is 4.57 Å². The molecular weight excluding hydrogens is 220 g/mol. The summed E-state index contributed by atoms with van der Waals surface area (Å²) in [6, 6.07) is 10.8. The molecular formula is C16H20N2. The fourth-order valence-electron chi connectivity index (χ4n) is 2.09. The average molecular weight is 240 g/mol. The molecule has 0 saturated heterocycles. The molecule has 0 N–H and O–H groups in total. The van der Waals surface area contributed by atoms with Crippen LogP contribution in [0.5, 0.6) is 0 Å². The molecule has 0 aliphatic carbocycles. The fraction of sp³-hybridized carbons (Fsp3) is 0.312. The Morgan fingerprint density at radius 2 is 1.89 bits per heavy atom. The third-order valence-corrected chi connectivity index (χ3v) is 3.10. The highest BCUT2D eigenvalue weighted by Crippen LogP contribution is 2.18. The van der Waals surface area contributed by atoms with Crippen molar-refractivity contribution >= 4 is 11.9 Å². The number of rotatable bonds is 3. The zero-order valence-electron chi connectivity index (χ0n) is 11.5. The summed E-state index contributed by atoms with van der Waals surface area (Å²) in [5.74, 6) is 0. The van der Waals surface area contributed by atoms with Gasteiger partial charge in [0.15, 0.2) is 0 Å². The van der Waals surface area contributed by atoms with Gasteiger partial charge in [0.1, 0.15) is 0 Å². The molecule has 0 radical (unpaired) electrons. The summed E-state index contributed by atoms with van der Waals surface area (Å²) in [6.07, 6.45) is 4.09. The SMILES string of the molecule is Cc1ccccc1N=Cc1cc(C)n(C(C)C)c1. The highest BCUT2D eigenvalue weighted by atomic mass is 15.0.